The molecule has 3 N–H and O–H groups in total. The molecule has 1 aliphatic rings. The van der Waals surface area contributed by atoms with Crippen molar-refractivity contribution >= 4 is 27.5 Å². The molecule has 0 saturated carbocycles. The maximum atomic E-state index is 12.5. The number of fused-ring (bicyclic) bond motifs is 1. The fourth-order valence-electron chi connectivity index (χ4n) is 3.35. The molecule has 8 nitrogen and oxygen atoms in total. The maximum absolute atomic E-state index is 12.5. The molecular weight excluding hydrogens is 430 g/mol. The summed E-state index contributed by atoms with van der Waals surface area (Å²) in [5, 5.41) is 7.88. The highest BCUT2D eigenvalue weighted by atomic mass is 32.2. The Morgan fingerprint density at radius 1 is 0.969 bits per heavy atom. The minimum Gasteiger partial charge on any atom is -0.482 e. The predicted octanol–water partition coefficient (Wildman–Crippen LogP) is 2.19. The molecule has 3 aromatic rings. The third-order valence-electron chi connectivity index (χ3n) is 5.07. The van der Waals surface area contributed by atoms with Gasteiger partial charge in [0.15, 0.2) is 6.61 Å². The average Bonchev–Trinajstić information content (AvgIpc) is 2.79. The number of nitrogens with zero attached hydrogens (tertiary/aromatic N) is 1. The Kier molecular flexibility index (Phi) is 5.93. The Bertz CT molecular complexity index is 1260. The Hall–Kier alpha value is -3.69. The Morgan fingerprint density at radius 3 is 2.31 bits per heavy atom. The summed E-state index contributed by atoms with van der Waals surface area (Å²) in [7, 11) is -3.75. The first-order valence-electron chi connectivity index (χ1n) is 9.82. The van der Waals surface area contributed by atoms with Crippen molar-refractivity contribution in [2.75, 3.05) is 11.5 Å². The summed E-state index contributed by atoms with van der Waals surface area (Å²) in [6.07, 6.45) is 0. The highest BCUT2D eigenvalue weighted by molar-refractivity contribution is 7.89. The quantitative estimate of drug-likeness (QED) is 0.596. The average molecular weight is 452 g/mol. The van der Waals surface area contributed by atoms with E-state index in [4.69, 9.17) is 9.88 Å². The molecule has 9 heteroatoms. The van der Waals surface area contributed by atoms with Crippen LogP contribution in [0.4, 0.5) is 5.69 Å². The van der Waals surface area contributed by atoms with Crippen LogP contribution in [-0.2, 0) is 27.9 Å². The zero-order valence-corrected chi connectivity index (χ0v) is 17.8. The fraction of sp³-hybridized carbons (Fsp3) is 0.130. The molecule has 3 aromatic carbocycles. The number of carbonyl (C=O) groups excluding carboxylic acids is 2. The van der Waals surface area contributed by atoms with Crippen LogP contribution in [0.25, 0.3) is 0 Å². The van der Waals surface area contributed by atoms with Gasteiger partial charge in [0, 0.05) is 12.1 Å². The van der Waals surface area contributed by atoms with Crippen LogP contribution in [0.15, 0.2) is 77.7 Å². The van der Waals surface area contributed by atoms with E-state index in [0.29, 0.717) is 17.9 Å². The summed E-state index contributed by atoms with van der Waals surface area (Å²) in [4.78, 5) is 26.5. The van der Waals surface area contributed by atoms with E-state index < -0.39 is 10.0 Å². The number of ether oxygens (including phenoxy) is 1. The molecule has 0 bridgehead atoms. The number of primary sulfonamides is 1. The molecule has 0 spiro atoms. The van der Waals surface area contributed by atoms with Gasteiger partial charge in [0.2, 0.25) is 10.0 Å². The van der Waals surface area contributed by atoms with Gasteiger partial charge in [0.25, 0.3) is 11.8 Å². The van der Waals surface area contributed by atoms with Gasteiger partial charge in [0.05, 0.1) is 17.1 Å². The van der Waals surface area contributed by atoms with E-state index in [1.165, 1.54) is 12.1 Å². The molecule has 2 amide bonds. The van der Waals surface area contributed by atoms with Crippen LogP contribution in [0.5, 0.6) is 5.75 Å². The third kappa shape index (κ3) is 4.79. The lowest BCUT2D eigenvalue weighted by atomic mass is 10.1. The summed E-state index contributed by atoms with van der Waals surface area (Å²) >= 11 is 0. The molecule has 0 unspecified atom stereocenters. The predicted molar refractivity (Wildman–Crippen MR) is 119 cm³/mol. The molecule has 32 heavy (non-hydrogen) atoms. The molecule has 0 radical (unpaired) electrons. The smallest absolute Gasteiger partial charge is 0.265 e. The number of nitrogens with two attached hydrogens (primary N) is 1. The van der Waals surface area contributed by atoms with E-state index in [1.807, 2.05) is 24.3 Å². The number of nitrogens with one attached hydrogen (secondary N) is 1. The second-order valence-corrected chi connectivity index (χ2v) is 8.87. The summed E-state index contributed by atoms with van der Waals surface area (Å²) in [6.45, 7) is 0.609. The normalized spacial score (nSPS) is 13.3. The van der Waals surface area contributed by atoms with Gasteiger partial charge in [-0.1, -0.05) is 36.4 Å². The van der Waals surface area contributed by atoms with Crippen LogP contribution in [-0.4, -0.2) is 26.8 Å². The van der Waals surface area contributed by atoms with Gasteiger partial charge in [-0.25, -0.2) is 13.6 Å². The lowest BCUT2D eigenvalue weighted by Crippen LogP contribution is -2.38. The van der Waals surface area contributed by atoms with E-state index in [-0.39, 0.29) is 29.9 Å². The van der Waals surface area contributed by atoms with E-state index in [0.717, 1.165) is 16.8 Å². The minimum atomic E-state index is -3.75. The van der Waals surface area contributed by atoms with Crippen LogP contribution in [0.1, 0.15) is 21.5 Å². The molecule has 0 fully saturated rings. The first-order valence-corrected chi connectivity index (χ1v) is 11.4. The SMILES string of the molecule is NS(=O)(=O)c1ccc(CNC(=O)c2ccc(CN3C(=O)COc4ccccc43)cc2)cc1. The summed E-state index contributed by atoms with van der Waals surface area (Å²) in [5.41, 5.74) is 2.82. The Morgan fingerprint density at radius 2 is 1.62 bits per heavy atom. The second kappa shape index (κ2) is 8.81. The van der Waals surface area contributed by atoms with Gasteiger partial charge in [-0.2, -0.15) is 0 Å². The van der Waals surface area contributed by atoms with Gasteiger partial charge in [0.1, 0.15) is 5.75 Å². The van der Waals surface area contributed by atoms with Crippen molar-refractivity contribution in [1.82, 2.24) is 5.32 Å². The summed E-state index contributed by atoms with van der Waals surface area (Å²) in [5.74, 6) is 0.277. The van der Waals surface area contributed by atoms with Crippen molar-refractivity contribution in [2.24, 2.45) is 5.14 Å². The number of anilines is 1. The molecule has 1 aliphatic heterocycles. The first-order chi connectivity index (χ1) is 15.3. The van der Waals surface area contributed by atoms with Crippen molar-refractivity contribution in [2.45, 2.75) is 18.0 Å². The van der Waals surface area contributed by atoms with Crippen LogP contribution in [0.2, 0.25) is 0 Å². The fourth-order valence-corrected chi connectivity index (χ4v) is 3.87. The lowest BCUT2D eigenvalue weighted by Gasteiger charge is -2.29. The largest absolute Gasteiger partial charge is 0.482 e. The number of amides is 2. The van der Waals surface area contributed by atoms with Crippen LogP contribution in [0.3, 0.4) is 0 Å². The maximum Gasteiger partial charge on any atom is 0.265 e. The van der Waals surface area contributed by atoms with Crippen LogP contribution in [0, 0.1) is 0 Å². The number of hydrogen-bond acceptors (Lipinski definition) is 5. The zero-order chi connectivity index (χ0) is 22.7. The van der Waals surface area contributed by atoms with Gasteiger partial charge in [-0.3, -0.25) is 9.59 Å². The van der Waals surface area contributed by atoms with Gasteiger partial charge in [-0.15, -0.1) is 0 Å². The monoisotopic (exact) mass is 451 g/mol. The number of sulfonamides is 1. The molecule has 0 atom stereocenters. The van der Waals surface area contributed by atoms with Gasteiger partial charge >= 0.3 is 0 Å². The van der Waals surface area contributed by atoms with E-state index in [9.17, 15) is 18.0 Å². The zero-order valence-electron chi connectivity index (χ0n) is 17.0. The molecule has 0 aromatic heterocycles. The minimum absolute atomic E-state index is 0.00427. The molecule has 1 heterocycles. The number of rotatable bonds is 6. The Labute approximate surface area is 185 Å². The molecule has 4 rings (SSSR count). The second-order valence-electron chi connectivity index (χ2n) is 7.30. The third-order valence-corrected chi connectivity index (χ3v) is 6.00. The highest BCUT2D eigenvalue weighted by Crippen LogP contribution is 2.32. The Balaban J connectivity index is 1.38. The van der Waals surface area contributed by atoms with Crippen LogP contribution < -0.4 is 20.1 Å². The number of para-hydroxylation sites is 2. The summed E-state index contributed by atoms with van der Waals surface area (Å²) < 4.78 is 28.1. The first kappa shape index (κ1) is 21.5. The molecule has 164 valence electrons. The van der Waals surface area contributed by atoms with Gasteiger partial charge in [-0.05, 0) is 47.5 Å². The molecule has 0 saturated heterocycles. The van der Waals surface area contributed by atoms with Gasteiger partial charge < -0.3 is 15.0 Å². The number of benzene rings is 3. The molecule has 0 aliphatic carbocycles. The van der Waals surface area contributed by atoms with E-state index in [2.05, 4.69) is 5.32 Å². The van der Waals surface area contributed by atoms with E-state index in [1.54, 1.807) is 41.3 Å². The summed E-state index contributed by atoms with van der Waals surface area (Å²) in [6, 6.07) is 20.4. The number of hydrogen-bond donors (Lipinski definition) is 2. The topological polar surface area (TPSA) is 119 Å². The van der Waals surface area contributed by atoms with Crippen molar-refractivity contribution in [3.63, 3.8) is 0 Å². The van der Waals surface area contributed by atoms with Crippen molar-refractivity contribution < 1.29 is 22.7 Å². The van der Waals surface area contributed by atoms with Crippen molar-refractivity contribution in [1.29, 1.82) is 0 Å². The standard InChI is InChI=1S/C23H21N3O5S/c24-32(29,30)19-11-7-16(8-12-19)13-25-23(28)18-9-5-17(6-10-18)14-26-20-3-1-2-4-21(20)31-15-22(26)27/h1-12H,13-15H2,(H,25,28)(H2,24,29,30). The van der Waals surface area contributed by atoms with Crippen LogP contribution >= 0.6 is 0 Å². The lowest BCUT2D eigenvalue weighted by molar-refractivity contribution is -0.121. The number of carbonyl (C=O) groups is 2. The highest BCUT2D eigenvalue weighted by Gasteiger charge is 2.25. The van der Waals surface area contributed by atoms with Crippen molar-refractivity contribution in [3.8, 4) is 5.75 Å². The van der Waals surface area contributed by atoms with Crippen molar-refractivity contribution in [3.05, 3.63) is 89.5 Å². The van der Waals surface area contributed by atoms with E-state index >= 15 is 0 Å². The molecular formula is C23H21N3O5S.